The Morgan fingerprint density at radius 3 is 2.11 bits per heavy atom. The summed E-state index contributed by atoms with van der Waals surface area (Å²) in [5, 5.41) is 35.7. The summed E-state index contributed by atoms with van der Waals surface area (Å²) in [6.45, 7) is 13.0. The standard InChI is InChI=1S/C20H36N2O6/c1-8-11-21-18(26)14(12(2)3)22-19(27)17(28-7)16(25)15(24)13(23)9-10-20(4,5)6/h8-10,12-17,23-25H,1,11H2,2-7H3,(H,21,26)(H,22,27)/b10-9+/t13-,14+,15+,16-,17-/m1/s1. The smallest absolute Gasteiger partial charge is 0.252 e. The average Bonchev–Trinajstić information content (AvgIpc) is 2.60. The zero-order valence-electron chi connectivity index (χ0n) is 17.7. The van der Waals surface area contributed by atoms with Gasteiger partial charge in [-0.25, -0.2) is 0 Å². The minimum Gasteiger partial charge on any atom is -0.387 e. The lowest BCUT2D eigenvalue weighted by Gasteiger charge is -2.29. The molecule has 0 aromatic heterocycles. The van der Waals surface area contributed by atoms with Crippen molar-refractivity contribution in [3.8, 4) is 0 Å². The quantitative estimate of drug-likeness (QED) is 0.314. The Hall–Kier alpha value is -1.74. The van der Waals surface area contributed by atoms with Crippen LogP contribution < -0.4 is 10.6 Å². The van der Waals surface area contributed by atoms with Crippen LogP contribution in [0.3, 0.4) is 0 Å². The van der Waals surface area contributed by atoms with Gasteiger partial charge in [0.2, 0.25) is 5.91 Å². The highest BCUT2D eigenvalue weighted by molar-refractivity contribution is 5.89. The zero-order valence-corrected chi connectivity index (χ0v) is 17.7. The van der Waals surface area contributed by atoms with Gasteiger partial charge in [0.15, 0.2) is 6.10 Å². The molecule has 0 aliphatic carbocycles. The Kier molecular flexibility index (Phi) is 11.2. The maximum Gasteiger partial charge on any atom is 0.252 e. The largest absolute Gasteiger partial charge is 0.387 e. The van der Waals surface area contributed by atoms with E-state index in [-0.39, 0.29) is 17.9 Å². The molecule has 0 aliphatic heterocycles. The minimum atomic E-state index is -1.70. The van der Waals surface area contributed by atoms with Gasteiger partial charge in [-0.3, -0.25) is 9.59 Å². The molecule has 0 bridgehead atoms. The third-order valence-electron chi connectivity index (χ3n) is 3.98. The van der Waals surface area contributed by atoms with Crippen molar-refractivity contribution in [1.82, 2.24) is 10.6 Å². The molecule has 0 aromatic rings. The Morgan fingerprint density at radius 1 is 1.11 bits per heavy atom. The predicted octanol–water partition coefficient (Wildman–Crippen LogP) is 0.129. The first-order valence-corrected chi connectivity index (χ1v) is 9.31. The second-order valence-electron chi connectivity index (χ2n) is 8.12. The Labute approximate surface area is 167 Å². The first kappa shape index (κ1) is 26.3. The van der Waals surface area contributed by atoms with Crippen LogP contribution in [0.25, 0.3) is 0 Å². The van der Waals surface area contributed by atoms with Gasteiger partial charge >= 0.3 is 0 Å². The highest BCUT2D eigenvalue weighted by Gasteiger charge is 2.37. The van der Waals surface area contributed by atoms with Crippen molar-refractivity contribution in [3.63, 3.8) is 0 Å². The van der Waals surface area contributed by atoms with Gasteiger partial charge in [0, 0.05) is 13.7 Å². The van der Waals surface area contributed by atoms with Crippen LogP contribution >= 0.6 is 0 Å². The number of carbonyl (C=O) groups is 2. The number of nitrogens with one attached hydrogen (secondary N) is 2. The number of allylic oxidation sites excluding steroid dienone is 1. The molecule has 8 nitrogen and oxygen atoms in total. The summed E-state index contributed by atoms with van der Waals surface area (Å²) in [4.78, 5) is 24.8. The maximum absolute atomic E-state index is 12.5. The van der Waals surface area contributed by atoms with E-state index in [1.165, 1.54) is 19.3 Å². The van der Waals surface area contributed by atoms with Gasteiger partial charge < -0.3 is 30.7 Å². The van der Waals surface area contributed by atoms with Gasteiger partial charge in [-0.1, -0.05) is 52.8 Å². The summed E-state index contributed by atoms with van der Waals surface area (Å²) in [5.74, 6) is -1.40. The average molecular weight is 401 g/mol. The Morgan fingerprint density at radius 2 is 1.68 bits per heavy atom. The first-order chi connectivity index (χ1) is 12.9. The van der Waals surface area contributed by atoms with Crippen molar-refractivity contribution in [3.05, 3.63) is 24.8 Å². The number of hydrogen-bond donors (Lipinski definition) is 5. The number of ether oxygens (including phenoxy) is 1. The molecule has 0 saturated heterocycles. The van der Waals surface area contributed by atoms with E-state index in [1.807, 2.05) is 20.8 Å². The van der Waals surface area contributed by atoms with Crippen LogP contribution in [0.4, 0.5) is 0 Å². The SMILES string of the molecule is C=CCNC(=O)[C@@H](NC(=O)[C@H](OC)[C@H](O)[C@@H](O)[C@H](O)/C=C/C(C)(C)C)C(C)C. The number of aliphatic hydroxyl groups excluding tert-OH is 3. The number of carbonyl (C=O) groups excluding carboxylic acids is 2. The van der Waals surface area contributed by atoms with Crippen LogP contribution in [0.5, 0.6) is 0 Å². The summed E-state index contributed by atoms with van der Waals surface area (Å²) in [6.07, 6.45) is -1.65. The molecule has 162 valence electrons. The van der Waals surface area contributed by atoms with E-state index < -0.39 is 42.3 Å². The molecule has 2 amide bonds. The van der Waals surface area contributed by atoms with Crippen molar-refractivity contribution in [2.45, 2.75) is 65.1 Å². The first-order valence-electron chi connectivity index (χ1n) is 9.31. The van der Waals surface area contributed by atoms with Gasteiger partial charge in [0.05, 0.1) is 0 Å². The second kappa shape index (κ2) is 12.0. The molecule has 28 heavy (non-hydrogen) atoms. The summed E-state index contributed by atoms with van der Waals surface area (Å²) in [6, 6.07) is -0.861. The Balaban J connectivity index is 5.19. The van der Waals surface area contributed by atoms with Gasteiger partial charge in [-0.05, 0) is 11.3 Å². The van der Waals surface area contributed by atoms with Crippen LogP contribution in [-0.4, -0.2) is 71.2 Å². The van der Waals surface area contributed by atoms with Gasteiger partial charge in [-0.2, -0.15) is 0 Å². The lowest BCUT2D eigenvalue weighted by Crippen LogP contribution is -2.57. The van der Waals surface area contributed by atoms with Crippen LogP contribution in [0.15, 0.2) is 24.8 Å². The minimum absolute atomic E-state index is 0.228. The molecule has 0 aromatic carbocycles. The summed E-state index contributed by atoms with van der Waals surface area (Å²) in [7, 11) is 1.19. The predicted molar refractivity (Wildman–Crippen MR) is 107 cm³/mol. The number of amides is 2. The lowest BCUT2D eigenvalue weighted by molar-refractivity contribution is -0.151. The van der Waals surface area contributed by atoms with E-state index in [1.54, 1.807) is 19.9 Å². The van der Waals surface area contributed by atoms with E-state index in [0.717, 1.165) is 0 Å². The molecule has 5 N–H and O–H groups in total. The third-order valence-corrected chi connectivity index (χ3v) is 3.98. The van der Waals surface area contributed by atoms with Crippen LogP contribution in [0, 0.1) is 11.3 Å². The van der Waals surface area contributed by atoms with Crippen molar-refractivity contribution >= 4 is 11.8 Å². The fourth-order valence-corrected chi connectivity index (χ4v) is 2.34. The number of methoxy groups -OCH3 is 1. The second-order valence-corrected chi connectivity index (χ2v) is 8.12. The fraction of sp³-hybridized carbons (Fsp3) is 0.700. The molecule has 0 aliphatic rings. The van der Waals surface area contributed by atoms with Crippen molar-refractivity contribution in [2.24, 2.45) is 11.3 Å². The normalized spacial score (nSPS) is 17.6. The summed E-state index contributed by atoms with van der Waals surface area (Å²) < 4.78 is 5.03. The number of aliphatic hydroxyl groups is 3. The molecule has 0 radical (unpaired) electrons. The third kappa shape index (κ3) is 8.97. The molecule has 5 atom stereocenters. The highest BCUT2D eigenvalue weighted by atomic mass is 16.5. The zero-order chi connectivity index (χ0) is 22.1. The molecule has 0 fully saturated rings. The van der Waals surface area contributed by atoms with E-state index in [4.69, 9.17) is 4.74 Å². The Bertz CT molecular complexity index is 541. The van der Waals surface area contributed by atoms with Crippen molar-refractivity contribution in [2.75, 3.05) is 13.7 Å². The molecule has 0 heterocycles. The topological polar surface area (TPSA) is 128 Å². The molecule has 8 heteroatoms. The summed E-state index contributed by atoms with van der Waals surface area (Å²) in [5.41, 5.74) is -0.229. The van der Waals surface area contributed by atoms with Gasteiger partial charge in [0.1, 0.15) is 24.4 Å². The molecule has 0 spiro atoms. The van der Waals surface area contributed by atoms with Crippen LogP contribution in [0.1, 0.15) is 34.6 Å². The molecule has 0 unspecified atom stereocenters. The van der Waals surface area contributed by atoms with E-state index in [9.17, 15) is 24.9 Å². The maximum atomic E-state index is 12.5. The number of hydrogen-bond acceptors (Lipinski definition) is 6. The molecule has 0 saturated carbocycles. The van der Waals surface area contributed by atoms with E-state index >= 15 is 0 Å². The summed E-state index contributed by atoms with van der Waals surface area (Å²) >= 11 is 0. The van der Waals surface area contributed by atoms with Gasteiger partial charge in [0.25, 0.3) is 5.91 Å². The van der Waals surface area contributed by atoms with E-state index in [2.05, 4.69) is 17.2 Å². The molecular formula is C20H36N2O6. The lowest BCUT2D eigenvalue weighted by atomic mass is 9.94. The van der Waals surface area contributed by atoms with Crippen molar-refractivity contribution < 1.29 is 29.6 Å². The molecular weight excluding hydrogens is 364 g/mol. The van der Waals surface area contributed by atoms with Crippen LogP contribution in [0.2, 0.25) is 0 Å². The fourth-order valence-electron chi connectivity index (χ4n) is 2.34. The highest BCUT2D eigenvalue weighted by Crippen LogP contribution is 2.17. The van der Waals surface area contributed by atoms with E-state index in [0.29, 0.717) is 0 Å². The van der Waals surface area contributed by atoms with Crippen molar-refractivity contribution in [1.29, 1.82) is 0 Å². The van der Waals surface area contributed by atoms with Crippen LogP contribution in [-0.2, 0) is 14.3 Å². The number of rotatable bonds is 11. The van der Waals surface area contributed by atoms with Gasteiger partial charge in [-0.15, -0.1) is 6.58 Å². The molecule has 0 rings (SSSR count). The monoisotopic (exact) mass is 400 g/mol.